The summed E-state index contributed by atoms with van der Waals surface area (Å²) < 4.78 is 12.4. The molecular weight excluding hydrogens is 444 g/mol. The van der Waals surface area contributed by atoms with E-state index in [2.05, 4.69) is 15.7 Å². The van der Waals surface area contributed by atoms with Gasteiger partial charge in [-0.15, -0.1) is 0 Å². The highest BCUT2D eigenvalue weighted by Gasteiger charge is 2.25. The molecule has 0 aliphatic carbocycles. The lowest BCUT2D eigenvalue weighted by Gasteiger charge is -2.22. The first-order chi connectivity index (χ1) is 16.7. The van der Waals surface area contributed by atoms with E-state index in [0.29, 0.717) is 30.0 Å². The average Bonchev–Trinajstić information content (AvgIpc) is 3.19. The van der Waals surface area contributed by atoms with Crippen LogP contribution < -0.4 is 20.1 Å². The number of benzene rings is 2. The Morgan fingerprint density at radius 2 is 1.60 bits per heavy atom. The first-order valence-corrected chi connectivity index (χ1v) is 11.7. The van der Waals surface area contributed by atoms with Gasteiger partial charge in [0.05, 0.1) is 25.6 Å². The molecule has 2 aromatic carbocycles. The van der Waals surface area contributed by atoms with Crippen molar-refractivity contribution in [3.05, 3.63) is 71.0 Å². The summed E-state index contributed by atoms with van der Waals surface area (Å²) in [6.07, 6.45) is 0.676. The summed E-state index contributed by atoms with van der Waals surface area (Å²) in [6, 6.07) is 14.4. The number of aryl methyl sites for hydroxylation is 2. The Hall–Kier alpha value is -3.81. The van der Waals surface area contributed by atoms with E-state index in [1.54, 1.807) is 18.2 Å². The number of hydrogen-bond donors (Lipinski definition) is 2. The summed E-state index contributed by atoms with van der Waals surface area (Å²) in [5.74, 6) is 0.331. The molecule has 0 spiro atoms. The van der Waals surface area contributed by atoms with E-state index < -0.39 is 6.04 Å². The second-order valence-corrected chi connectivity index (χ2v) is 8.84. The number of ether oxygens (including phenoxy) is 2. The number of hydrogen-bond acceptors (Lipinski definition) is 5. The van der Waals surface area contributed by atoms with E-state index in [1.165, 1.54) is 14.2 Å². The quantitative estimate of drug-likeness (QED) is 0.464. The lowest BCUT2D eigenvalue weighted by molar-refractivity contribution is -0.123. The summed E-state index contributed by atoms with van der Waals surface area (Å²) in [7, 11) is 3.04. The van der Waals surface area contributed by atoms with E-state index >= 15 is 0 Å². The van der Waals surface area contributed by atoms with Crippen LogP contribution in [-0.4, -0.2) is 48.4 Å². The van der Waals surface area contributed by atoms with Crippen LogP contribution in [-0.2, 0) is 11.2 Å². The monoisotopic (exact) mass is 478 g/mol. The van der Waals surface area contributed by atoms with Crippen molar-refractivity contribution in [2.45, 2.75) is 40.2 Å². The molecule has 1 aromatic heterocycles. The number of methoxy groups -OCH3 is 2. The molecule has 3 rings (SSSR count). The van der Waals surface area contributed by atoms with Crippen molar-refractivity contribution < 1.29 is 19.1 Å². The van der Waals surface area contributed by atoms with Crippen LogP contribution in [0.15, 0.2) is 48.5 Å². The highest BCUT2D eigenvalue weighted by atomic mass is 16.5. The van der Waals surface area contributed by atoms with E-state index in [-0.39, 0.29) is 17.7 Å². The lowest BCUT2D eigenvalue weighted by atomic mass is 10.0. The maximum atomic E-state index is 12.9. The zero-order chi connectivity index (χ0) is 25.5. The van der Waals surface area contributed by atoms with Gasteiger partial charge in [0.25, 0.3) is 5.91 Å². The van der Waals surface area contributed by atoms with Crippen LogP contribution in [0.1, 0.15) is 41.2 Å². The molecule has 35 heavy (non-hydrogen) atoms. The van der Waals surface area contributed by atoms with Crippen molar-refractivity contribution >= 4 is 11.8 Å². The molecule has 186 valence electrons. The topological polar surface area (TPSA) is 94.5 Å². The van der Waals surface area contributed by atoms with E-state index in [1.807, 2.05) is 62.7 Å². The van der Waals surface area contributed by atoms with Gasteiger partial charge in [0, 0.05) is 23.9 Å². The fourth-order valence-electron chi connectivity index (χ4n) is 3.83. The fourth-order valence-corrected chi connectivity index (χ4v) is 3.83. The smallest absolute Gasteiger partial charge is 0.252 e. The third kappa shape index (κ3) is 6.62. The number of carbonyl (C=O) groups is 2. The van der Waals surface area contributed by atoms with Crippen molar-refractivity contribution in [1.29, 1.82) is 0 Å². The van der Waals surface area contributed by atoms with Crippen LogP contribution in [0, 0.1) is 19.8 Å². The highest BCUT2D eigenvalue weighted by Crippen LogP contribution is 2.22. The minimum Gasteiger partial charge on any atom is -0.497 e. The van der Waals surface area contributed by atoms with E-state index in [9.17, 15) is 9.59 Å². The number of nitrogens with one attached hydrogen (secondary N) is 2. The Bertz CT molecular complexity index is 1150. The molecule has 1 unspecified atom stereocenters. The molecule has 0 saturated carbocycles. The van der Waals surface area contributed by atoms with Crippen molar-refractivity contribution in [2.75, 3.05) is 20.8 Å². The third-order valence-corrected chi connectivity index (χ3v) is 5.75. The molecule has 0 saturated heterocycles. The van der Waals surface area contributed by atoms with Gasteiger partial charge in [-0.25, -0.2) is 4.68 Å². The molecule has 2 amide bonds. The highest BCUT2D eigenvalue weighted by molar-refractivity contribution is 5.98. The maximum absolute atomic E-state index is 12.9. The molecule has 0 fully saturated rings. The van der Waals surface area contributed by atoms with Crippen LogP contribution in [0.25, 0.3) is 5.69 Å². The van der Waals surface area contributed by atoms with Crippen LogP contribution in [0.3, 0.4) is 0 Å². The zero-order valence-electron chi connectivity index (χ0n) is 21.2. The predicted molar refractivity (Wildman–Crippen MR) is 135 cm³/mol. The Labute approximate surface area is 206 Å². The molecular formula is C27H34N4O4. The number of nitrogens with zero attached hydrogens (tertiary/aromatic N) is 2. The first kappa shape index (κ1) is 25.8. The van der Waals surface area contributed by atoms with Gasteiger partial charge in [0.15, 0.2) is 0 Å². The molecule has 0 radical (unpaired) electrons. The summed E-state index contributed by atoms with van der Waals surface area (Å²) in [5.41, 5.74) is 4.52. The van der Waals surface area contributed by atoms with Gasteiger partial charge in [-0.3, -0.25) is 9.59 Å². The number of aromatic nitrogens is 2. The van der Waals surface area contributed by atoms with Crippen molar-refractivity contribution in [3.63, 3.8) is 0 Å². The van der Waals surface area contributed by atoms with Gasteiger partial charge in [0.2, 0.25) is 5.91 Å². The Morgan fingerprint density at radius 3 is 2.11 bits per heavy atom. The normalized spacial score (nSPS) is 11.7. The first-order valence-electron chi connectivity index (χ1n) is 11.7. The van der Waals surface area contributed by atoms with E-state index in [0.717, 1.165) is 22.6 Å². The second kappa shape index (κ2) is 11.6. The summed E-state index contributed by atoms with van der Waals surface area (Å²) in [6.45, 7) is 8.26. The number of amides is 2. The zero-order valence-corrected chi connectivity index (χ0v) is 21.2. The third-order valence-electron chi connectivity index (χ3n) is 5.75. The molecule has 0 aliphatic rings. The van der Waals surface area contributed by atoms with Crippen molar-refractivity contribution in [3.8, 4) is 17.2 Å². The molecule has 8 heteroatoms. The van der Waals surface area contributed by atoms with Gasteiger partial charge < -0.3 is 20.1 Å². The van der Waals surface area contributed by atoms with Gasteiger partial charge in [-0.1, -0.05) is 26.0 Å². The van der Waals surface area contributed by atoms with Gasteiger partial charge in [-0.05, 0) is 62.1 Å². The molecule has 0 aliphatic heterocycles. The van der Waals surface area contributed by atoms with Crippen LogP contribution in [0.2, 0.25) is 0 Å². The SMILES string of the molecule is COc1cc(OC)cc(C(=O)NC(C(=O)NCCc2ccc(-n3nc(C)cc3C)cc2)C(C)C)c1. The van der Waals surface area contributed by atoms with E-state index in [4.69, 9.17) is 9.47 Å². The standard InChI is InChI=1S/C27H34N4O4/c1-17(2)25(29-26(32)21-14-23(34-5)16-24(15-21)35-6)27(33)28-12-11-20-7-9-22(10-8-20)31-19(4)13-18(3)30-31/h7-10,13-17,25H,11-12H2,1-6H3,(H,28,33)(H,29,32). The average molecular weight is 479 g/mol. The molecule has 0 bridgehead atoms. The lowest BCUT2D eigenvalue weighted by Crippen LogP contribution is -2.50. The summed E-state index contributed by atoms with van der Waals surface area (Å²) in [4.78, 5) is 25.7. The molecule has 3 aromatic rings. The summed E-state index contributed by atoms with van der Waals surface area (Å²) >= 11 is 0. The Kier molecular flexibility index (Phi) is 8.52. The molecule has 1 heterocycles. The number of carbonyl (C=O) groups excluding carboxylic acids is 2. The Balaban J connectivity index is 1.58. The fraction of sp³-hybridized carbons (Fsp3) is 0.370. The number of rotatable bonds is 10. The second-order valence-electron chi connectivity index (χ2n) is 8.84. The molecule has 8 nitrogen and oxygen atoms in total. The minimum absolute atomic E-state index is 0.0912. The predicted octanol–water partition coefficient (Wildman–Crippen LogP) is 3.62. The van der Waals surface area contributed by atoms with Gasteiger partial charge in [0.1, 0.15) is 17.5 Å². The largest absolute Gasteiger partial charge is 0.497 e. The van der Waals surface area contributed by atoms with Crippen LogP contribution in [0.5, 0.6) is 11.5 Å². The summed E-state index contributed by atoms with van der Waals surface area (Å²) in [5, 5.41) is 10.3. The minimum atomic E-state index is -0.673. The molecule has 2 N–H and O–H groups in total. The Morgan fingerprint density at radius 1 is 0.971 bits per heavy atom. The van der Waals surface area contributed by atoms with Crippen molar-refractivity contribution in [1.82, 2.24) is 20.4 Å². The van der Waals surface area contributed by atoms with Gasteiger partial charge in [-0.2, -0.15) is 5.10 Å². The van der Waals surface area contributed by atoms with Crippen molar-refractivity contribution in [2.24, 2.45) is 5.92 Å². The van der Waals surface area contributed by atoms with Gasteiger partial charge >= 0.3 is 0 Å². The van der Waals surface area contributed by atoms with Crippen LogP contribution >= 0.6 is 0 Å². The van der Waals surface area contributed by atoms with Crippen LogP contribution in [0.4, 0.5) is 0 Å². The molecule has 1 atom stereocenters. The maximum Gasteiger partial charge on any atom is 0.252 e.